The van der Waals surface area contributed by atoms with Crippen molar-refractivity contribution in [3.8, 4) is 0 Å². The van der Waals surface area contributed by atoms with E-state index in [1.807, 2.05) is 19.1 Å². The molecule has 128 valence electrons. The summed E-state index contributed by atoms with van der Waals surface area (Å²) in [5.41, 5.74) is 2.08. The molecule has 1 amide bonds. The summed E-state index contributed by atoms with van der Waals surface area (Å²) >= 11 is 0. The Labute approximate surface area is 141 Å². The van der Waals surface area contributed by atoms with Crippen LogP contribution in [0.2, 0.25) is 0 Å². The Morgan fingerprint density at radius 3 is 2.83 bits per heavy atom. The molecule has 6 nitrogen and oxygen atoms in total. The highest BCUT2D eigenvalue weighted by atomic mass is 32.2. The SMILES string of the molecule is C[C@@H](Cc1ccco1)NC(=O)c1ccc2c(c1)CCN2S(C)(=O)=O. The zero-order valence-electron chi connectivity index (χ0n) is 13.7. The molecule has 24 heavy (non-hydrogen) atoms. The number of sulfonamides is 1. The van der Waals surface area contributed by atoms with Gasteiger partial charge in [-0.25, -0.2) is 8.42 Å². The number of carbonyl (C=O) groups is 1. The number of hydrogen-bond donors (Lipinski definition) is 1. The molecule has 0 aliphatic carbocycles. The minimum Gasteiger partial charge on any atom is -0.469 e. The van der Waals surface area contributed by atoms with E-state index < -0.39 is 10.0 Å². The Kier molecular flexibility index (Phi) is 4.36. The summed E-state index contributed by atoms with van der Waals surface area (Å²) in [7, 11) is -3.27. The van der Waals surface area contributed by atoms with E-state index in [1.54, 1.807) is 24.5 Å². The monoisotopic (exact) mass is 348 g/mol. The van der Waals surface area contributed by atoms with Crippen molar-refractivity contribution >= 4 is 21.6 Å². The number of fused-ring (bicyclic) bond motifs is 1. The Morgan fingerprint density at radius 1 is 1.38 bits per heavy atom. The van der Waals surface area contributed by atoms with Crippen molar-refractivity contribution in [3.63, 3.8) is 0 Å². The molecule has 0 fully saturated rings. The van der Waals surface area contributed by atoms with Crippen LogP contribution < -0.4 is 9.62 Å². The summed E-state index contributed by atoms with van der Waals surface area (Å²) in [6.45, 7) is 2.34. The zero-order chi connectivity index (χ0) is 17.3. The maximum Gasteiger partial charge on any atom is 0.251 e. The predicted molar refractivity (Wildman–Crippen MR) is 91.7 cm³/mol. The summed E-state index contributed by atoms with van der Waals surface area (Å²) < 4.78 is 30.2. The second-order valence-corrected chi connectivity index (χ2v) is 7.99. The molecule has 0 saturated carbocycles. The van der Waals surface area contributed by atoms with E-state index in [-0.39, 0.29) is 11.9 Å². The lowest BCUT2D eigenvalue weighted by Crippen LogP contribution is -2.34. The van der Waals surface area contributed by atoms with Crippen LogP contribution in [0.5, 0.6) is 0 Å². The number of benzene rings is 1. The van der Waals surface area contributed by atoms with Crippen LogP contribution in [0.15, 0.2) is 41.0 Å². The first-order valence-corrected chi connectivity index (χ1v) is 9.63. The Morgan fingerprint density at radius 2 is 2.17 bits per heavy atom. The molecule has 1 aromatic carbocycles. The zero-order valence-corrected chi connectivity index (χ0v) is 14.5. The first-order chi connectivity index (χ1) is 11.3. The number of amides is 1. The fraction of sp³-hybridized carbons (Fsp3) is 0.353. The van der Waals surface area contributed by atoms with E-state index in [9.17, 15) is 13.2 Å². The second-order valence-electron chi connectivity index (χ2n) is 6.09. The van der Waals surface area contributed by atoms with Gasteiger partial charge in [0.2, 0.25) is 10.0 Å². The van der Waals surface area contributed by atoms with Crippen molar-refractivity contribution in [2.75, 3.05) is 17.1 Å². The first kappa shape index (κ1) is 16.6. The van der Waals surface area contributed by atoms with Gasteiger partial charge in [-0.05, 0) is 49.2 Å². The topological polar surface area (TPSA) is 79.6 Å². The average molecular weight is 348 g/mol. The molecule has 1 aromatic heterocycles. The van der Waals surface area contributed by atoms with Gasteiger partial charge < -0.3 is 9.73 Å². The number of carbonyl (C=O) groups excluding carboxylic acids is 1. The molecule has 2 aromatic rings. The van der Waals surface area contributed by atoms with Crippen LogP contribution in [0.1, 0.15) is 28.6 Å². The Bertz CT molecular complexity index is 843. The van der Waals surface area contributed by atoms with Crippen molar-refractivity contribution in [2.45, 2.75) is 25.8 Å². The molecule has 1 aliphatic heterocycles. The van der Waals surface area contributed by atoms with Crippen LogP contribution in [-0.4, -0.2) is 33.2 Å². The number of furan rings is 1. The van der Waals surface area contributed by atoms with Crippen LogP contribution in [0, 0.1) is 0 Å². The maximum atomic E-state index is 12.4. The highest BCUT2D eigenvalue weighted by Gasteiger charge is 2.26. The predicted octanol–water partition coefficient (Wildman–Crippen LogP) is 1.96. The first-order valence-electron chi connectivity index (χ1n) is 7.78. The van der Waals surface area contributed by atoms with Crippen LogP contribution in [0.25, 0.3) is 0 Å². The molecule has 0 spiro atoms. The fourth-order valence-corrected chi connectivity index (χ4v) is 3.90. The summed E-state index contributed by atoms with van der Waals surface area (Å²) in [5, 5.41) is 2.94. The lowest BCUT2D eigenvalue weighted by Gasteiger charge is -2.17. The van der Waals surface area contributed by atoms with Crippen molar-refractivity contribution in [3.05, 3.63) is 53.5 Å². The molecule has 2 heterocycles. The average Bonchev–Trinajstić information content (AvgIpc) is 3.14. The van der Waals surface area contributed by atoms with Crippen LogP contribution in [-0.2, 0) is 22.9 Å². The molecular formula is C17H20N2O4S. The molecule has 0 saturated heterocycles. The highest BCUT2D eigenvalue weighted by molar-refractivity contribution is 7.92. The van der Waals surface area contributed by atoms with Gasteiger partial charge in [0, 0.05) is 24.6 Å². The van der Waals surface area contributed by atoms with Gasteiger partial charge in [0.05, 0.1) is 18.2 Å². The molecule has 1 aliphatic rings. The molecule has 0 radical (unpaired) electrons. The third kappa shape index (κ3) is 3.46. The summed E-state index contributed by atoms with van der Waals surface area (Å²) in [5.74, 6) is 0.648. The van der Waals surface area contributed by atoms with E-state index in [0.717, 1.165) is 11.3 Å². The fourth-order valence-electron chi connectivity index (χ4n) is 2.95. The van der Waals surface area contributed by atoms with Gasteiger partial charge in [0.1, 0.15) is 5.76 Å². The lowest BCUT2D eigenvalue weighted by atomic mass is 10.1. The van der Waals surface area contributed by atoms with Gasteiger partial charge >= 0.3 is 0 Å². The number of nitrogens with one attached hydrogen (secondary N) is 1. The van der Waals surface area contributed by atoms with E-state index in [1.165, 1.54) is 10.6 Å². The summed E-state index contributed by atoms with van der Waals surface area (Å²) in [6, 6.07) is 8.77. The molecule has 0 bridgehead atoms. The largest absolute Gasteiger partial charge is 0.469 e. The number of nitrogens with zero attached hydrogens (tertiary/aromatic N) is 1. The van der Waals surface area contributed by atoms with E-state index in [2.05, 4.69) is 5.32 Å². The highest BCUT2D eigenvalue weighted by Crippen LogP contribution is 2.30. The maximum absolute atomic E-state index is 12.4. The van der Waals surface area contributed by atoms with Crippen LogP contribution in [0.3, 0.4) is 0 Å². The Balaban J connectivity index is 1.71. The molecule has 1 N–H and O–H groups in total. The van der Waals surface area contributed by atoms with E-state index in [4.69, 9.17) is 4.42 Å². The van der Waals surface area contributed by atoms with E-state index >= 15 is 0 Å². The van der Waals surface area contributed by atoms with Crippen molar-refractivity contribution in [1.82, 2.24) is 5.32 Å². The molecule has 3 rings (SSSR count). The number of rotatable bonds is 5. The third-order valence-corrected chi connectivity index (χ3v) is 5.24. The summed E-state index contributed by atoms with van der Waals surface area (Å²) in [6.07, 6.45) is 4.04. The summed E-state index contributed by atoms with van der Waals surface area (Å²) in [4.78, 5) is 12.4. The van der Waals surface area contributed by atoms with Crippen LogP contribution >= 0.6 is 0 Å². The molecule has 0 unspecified atom stereocenters. The Hall–Kier alpha value is -2.28. The minimum atomic E-state index is -3.27. The van der Waals surface area contributed by atoms with Gasteiger partial charge in [-0.1, -0.05) is 0 Å². The van der Waals surface area contributed by atoms with Crippen molar-refractivity contribution in [1.29, 1.82) is 0 Å². The van der Waals surface area contributed by atoms with Gasteiger partial charge in [-0.2, -0.15) is 0 Å². The van der Waals surface area contributed by atoms with Crippen LogP contribution in [0.4, 0.5) is 5.69 Å². The van der Waals surface area contributed by atoms with Gasteiger partial charge in [-0.15, -0.1) is 0 Å². The second kappa shape index (κ2) is 6.32. The quantitative estimate of drug-likeness (QED) is 0.896. The molecular weight excluding hydrogens is 328 g/mol. The smallest absolute Gasteiger partial charge is 0.251 e. The van der Waals surface area contributed by atoms with Crippen molar-refractivity contribution < 1.29 is 17.6 Å². The molecule has 1 atom stereocenters. The van der Waals surface area contributed by atoms with Gasteiger partial charge in [-0.3, -0.25) is 9.10 Å². The number of hydrogen-bond acceptors (Lipinski definition) is 4. The third-order valence-electron chi connectivity index (χ3n) is 4.06. The lowest BCUT2D eigenvalue weighted by molar-refractivity contribution is 0.0939. The van der Waals surface area contributed by atoms with Gasteiger partial charge in [0.15, 0.2) is 0 Å². The van der Waals surface area contributed by atoms with Crippen molar-refractivity contribution in [2.24, 2.45) is 0 Å². The van der Waals surface area contributed by atoms with E-state index in [0.29, 0.717) is 30.6 Å². The minimum absolute atomic E-state index is 0.0653. The van der Waals surface area contributed by atoms with Gasteiger partial charge in [0.25, 0.3) is 5.91 Å². The molecule has 7 heteroatoms. The number of anilines is 1. The normalized spacial score (nSPS) is 15.2. The standard InChI is InChI=1S/C17H20N2O4S/c1-12(10-15-4-3-9-23-15)18-17(20)14-5-6-16-13(11-14)7-8-19(16)24(2,21)22/h3-6,9,11-12H,7-8,10H2,1-2H3,(H,18,20)/t12-/m0/s1.